The third-order valence-electron chi connectivity index (χ3n) is 21.8. The van der Waals surface area contributed by atoms with Gasteiger partial charge in [-0.05, 0) is 147 Å². The predicted octanol–water partition coefficient (Wildman–Crippen LogP) is 13.8. The maximum Gasteiger partial charge on any atom is 0.417 e. The molecule has 7 rings (SSSR count). The summed E-state index contributed by atoms with van der Waals surface area (Å²) in [6, 6.07) is 6.04. The van der Waals surface area contributed by atoms with E-state index in [9.17, 15) is 18.0 Å². The van der Waals surface area contributed by atoms with Gasteiger partial charge in [0, 0.05) is 168 Å². The van der Waals surface area contributed by atoms with Crippen LogP contribution < -0.4 is 31.9 Å². The average Bonchev–Trinajstić information content (AvgIpc) is 0.845. The van der Waals surface area contributed by atoms with E-state index < -0.39 is 11.7 Å². The van der Waals surface area contributed by atoms with Crippen LogP contribution in [-0.4, -0.2) is 163 Å². The van der Waals surface area contributed by atoms with Gasteiger partial charge in [-0.25, -0.2) is 0 Å². The number of carbonyl (C=O) groups is 1. The minimum atomic E-state index is -4.51. The van der Waals surface area contributed by atoms with E-state index >= 15 is 0 Å². The third kappa shape index (κ3) is 21.2. The molecule has 3 saturated heterocycles. The number of nitrogens with one attached hydrogen (secondary N) is 6. The van der Waals surface area contributed by atoms with Crippen LogP contribution in [0.2, 0.25) is 5.02 Å². The third-order valence-corrected chi connectivity index (χ3v) is 22.1. The lowest BCUT2D eigenvalue weighted by molar-refractivity contribution is -0.162. The Morgan fingerprint density at radius 1 is 0.833 bits per heavy atom. The molecule has 1 aromatic rings. The average molecular weight is 1280 g/mol. The van der Waals surface area contributed by atoms with Crippen LogP contribution in [0.5, 0.6) is 0 Å². The molecule has 13 nitrogen and oxygen atoms in total. The van der Waals surface area contributed by atoms with Gasteiger partial charge in [-0.2, -0.15) is 13.2 Å². The molecular weight excluding hydrogens is 1150 g/mol. The predicted molar refractivity (Wildman–Crippen MR) is 370 cm³/mol. The second-order valence-electron chi connectivity index (χ2n) is 28.9. The van der Waals surface area contributed by atoms with Gasteiger partial charge < -0.3 is 51.5 Å². The second kappa shape index (κ2) is 36.3. The smallest absolute Gasteiger partial charge is 0.369 e. The highest BCUT2D eigenvalue weighted by molar-refractivity contribution is 6.31. The molecule has 2 aliphatic carbocycles. The Kier molecular flexibility index (Phi) is 29.8. The highest BCUT2D eigenvalue weighted by Crippen LogP contribution is 2.41. The molecule has 5 fully saturated rings. The SMILES string of the molecule is CCCCC[C@@H]1NC[C@H]([C@@H](C)CC)NC(C)[C@H](C)N2CCCC2=CN(C)C(CC2CCCCC2)=CN(C)C=CNC(CCc2ccc(C(F)(F)F)c(Cl)c2)=CC=NCCNCC2(CCCC2)NC(C)[C@H](C(C)C)N2C(C)[C@H](C(=O)N3CCCCC3)C2CNC1C. The summed E-state index contributed by atoms with van der Waals surface area (Å²) in [6.45, 7) is 30.4. The van der Waals surface area contributed by atoms with Gasteiger partial charge >= 0.3 is 6.18 Å². The largest absolute Gasteiger partial charge is 0.417 e. The Labute approximate surface area is 549 Å². The van der Waals surface area contributed by atoms with Crippen LogP contribution in [-0.2, 0) is 17.4 Å². The molecule has 1 amide bonds. The van der Waals surface area contributed by atoms with E-state index in [1.807, 2.05) is 18.5 Å². The molecule has 17 heteroatoms. The number of likely N-dealkylation sites (tertiary alicyclic amines) is 1. The van der Waals surface area contributed by atoms with Gasteiger partial charge in [-0.15, -0.1) is 0 Å². The molecule has 4 heterocycles. The van der Waals surface area contributed by atoms with Crippen LogP contribution in [0.25, 0.3) is 0 Å². The maximum absolute atomic E-state index is 14.8. The number of halogens is 4. The monoisotopic (exact) mass is 1280 g/mol. The van der Waals surface area contributed by atoms with Crippen LogP contribution in [0.1, 0.15) is 215 Å². The van der Waals surface area contributed by atoms with Crippen LogP contribution in [0, 0.1) is 23.7 Å². The maximum atomic E-state index is 14.8. The fraction of sp³-hybridized carbons (Fsp3) is 0.781. The highest BCUT2D eigenvalue weighted by atomic mass is 35.5. The number of amides is 1. The molecule has 11 atom stereocenters. The Bertz CT molecular complexity index is 2470. The molecule has 1 aromatic carbocycles. The molecule has 6 aliphatic rings. The number of piperidine rings is 1. The number of fused-ring (bicyclic) bond motifs is 2. The number of hydrogen-bond acceptors (Lipinski definition) is 12. The lowest BCUT2D eigenvalue weighted by Crippen LogP contribution is -2.76. The number of alkyl halides is 3. The van der Waals surface area contributed by atoms with Crippen molar-refractivity contribution in [1.29, 1.82) is 0 Å². The molecule has 0 radical (unpaired) electrons. The highest BCUT2D eigenvalue weighted by Gasteiger charge is 2.55. The van der Waals surface area contributed by atoms with Crippen molar-refractivity contribution in [2.24, 2.45) is 28.7 Å². The van der Waals surface area contributed by atoms with Gasteiger partial charge in [0.25, 0.3) is 0 Å². The van der Waals surface area contributed by atoms with Crippen molar-refractivity contribution < 1.29 is 18.0 Å². The fourth-order valence-electron chi connectivity index (χ4n) is 16.1. The van der Waals surface area contributed by atoms with Gasteiger partial charge in [-0.1, -0.05) is 123 Å². The number of rotatable bonds is 13. The molecule has 2 saturated carbocycles. The molecule has 6 N–H and O–H groups in total. The van der Waals surface area contributed by atoms with E-state index in [0.29, 0.717) is 49.1 Å². The van der Waals surface area contributed by atoms with Gasteiger partial charge in [0.1, 0.15) is 0 Å². The van der Waals surface area contributed by atoms with Crippen LogP contribution in [0.3, 0.4) is 0 Å². The number of nitrogens with zero attached hydrogens (tertiary/aromatic N) is 6. The lowest BCUT2D eigenvalue weighted by atomic mass is 9.74. The summed E-state index contributed by atoms with van der Waals surface area (Å²) in [5.74, 6) is 1.79. The summed E-state index contributed by atoms with van der Waals surface area (Å²) in [6.07, 6.45) is 32.5. The van der Waals surface area contributed by atoms with Crippen molar-refractivity contribution in [3.8, 4) is 0 Å². The minimum absolute atomic E-state index is 0.0470. The number of aliphatic imine (C=N–C) groups is 1. The summed E-state index contributed by atoms with van der Waals surface area (Å²) in [7, 11) is 4.33. The zero-order valence-electron chi connectivity index (χ0n) is 58.0. The van der Waals surface area contributed by atoms with Crippen molar-refractivity contribution in [1.82, 2.24) is 56.4 Å². The molecule has 0 bridgehead atoms. The first-order valence-electron chi connectivity index (χ1n) is 36.0. The zero-order chi connectivity index (χ0) is 65.0. The Morgan fingerprint density at radius 2 is 1.57 bits per heavy atom. The van der Waals surface area contributed by atoms with Gasteiger partial charge in [0.15, 0.2) is 0 Å². The van der Waals surface area contributed by atoms with Crippen molar-refractivity contribution in [3.05, 3.63) is 82.3 Å². The van der Waals surface area contributed by atoms with Crippen LogP contribution in [0.4, 0.5) is 13.2 Å². The zero-order valence-corrected chi connectivity index (χ0v) is 58.8. The van der Waals surface area contributed by atoms with Crippen molar-refractivity contribution in [2.45, 2.75) is 277 Å². The normalized spacial score (nSPS) is 29.8. The molecule has 90 heavy (non-hydrogen) atoms. The van der Waals surface area contributed by atoms with E-state index in [-0.39, 0.29) is 64.8 Å². The molecule has 510 valence electrons. The first-order valence-corrected chi connectivity index (χ1v) is 36.4. The number of unbranched alkanes of at least 4 members (excludes halogenated alkanes) is 2. The number of aryl methyl sites for hydroxylation is 1. The topological polar surface area (TPSA) is 118 Å². The van der Waals surface area contributed by atoms with Crippen molar-refractivity contribution >= 4 is 23.7 Å². The molecular formula is C73H124ClF3N12O. The first-order chi connectivity index (χ1) is 43.1. The molecule has 0 aromatic heterocycles. The summed E-state index contributed by atoms with van der Waals surface area (Å²) < 4.78 is 41.1. The van der Waals surface area contributed by atoms with E-state index in [0.717, 1.165) is 121 Å². The van der Waals surface area contributed by atoms with E-state index in [2.05, 4.69) is 158 Å². The fourth-order valence-corrected chi connectivity index (χ4v) is 16.4. The van der Waals surface area contributed by atoms with Gasteiger partial charge in [0.05, 0.1) is 23.0 Å². The number of carbonyl (C=O) groups excluding carboxylic acids is 1. The summed E-state index contributed by atoms with van der Waals surface area (Å²) in [4.78, 5) is 31.9. The summed E-state index contributed by atoms with van der Waals surface area (Å²) >= 11 is 6.21. The van der Waals surface area contributed by atoms with E-state index in [1.54, 1.807) is 0 Å². The Hall–Kier alpha value is -3.64. The van der Waals surface area contributed by atoms with Crippen molar-refractivity contribution in [2.75, 3.05) is 66.5 Å². The van der Waals surface area contributed by atoms with Gasteiger partial charge in [-0.3, -0.25) is 14.7 Å². The number of hydrogen-bond donors (Lipinski definition) is 6. The minimum Gasteiger partial charge on any atom is -0.369 e. The van der Waals surface area contributed by atoms with Gasteiger partial charge in [0.2, 0.25) is 5.91 Å². The van der Waals surface area contributed by atoms with Crippen LogP contribution in [0.15, 0.2) is 71.2 Å². The lowest BCUT2D eigenvalue weighted by Gasteiger charge is -2.60. The first kappa shape index (κ1) is 73.8. The van der Waals surface area contributed by atoms with Crippen molar-refractivity contribution in [3.63, 3.8) is 0 Å². The Balaban J connectivity index is 1.19. The second-order valence-corrected chi connectivity index (χ2v) is 29.3. The van der Waals surface area contributed by atoms with E-state index in [4.69, 9.17) is 16.6 Å². The number of benzene rings is 1. The summed E-state index contributed by atoms with van der Waals surface area (Å²) in [5, 5.41) is 24.0. The molecule has 5 unspecified atom stereocenters. The Morgan fingerprint density at radius 3 is 2.26 bits per heavy atom. The quantitative estimate of drug-likeness (QED) is 0.106. The van der Waals surface area contributed by atoms with Crippen LogP contribution >= 0.6 is 11.6 Å². The number of allylic oxidation sites excluding steroid dienone is 4. The molecule has 4 aliphatic heterocycles. The summed E-state index contributed by atoms with van der Waals surface area (Å²) in [5.41, 5.74) is 3.44. The molecule has 1 spiro atoms. The van der Waals surface area contributed by atoms with E-state index in [1.165, 1.54) is 94.2 Å². The standard InChI is InChI=1S/C73H124ClF3N12O/c1-13-15-18-29-66-55(7)81-48-68-69(71(90)87-41-23-17-24-42-87)58(10)89(68)70(52(3)4)56(8)84-72(35-21-22-36-72)51-79-39-38-78-37-34-61(32-30-60-31-33-64(65(74)46-60)73(75,76)77)80-40-44-85(11)49-63(45-59-26-19-16-20-27-59)86(12)50-62-28-25-43-88(62)57(9)54(6)83-67(47-82-66)53(5)14-2/h31,33-34,37,40,44,46,49-50,52-59,66-70,79-84H,13-30,32,35-36,38-39,41-43,45,47-48,51H2,1-12H3/t53-,54?,55?,56?,57-,58?,66-,67+,68?,69-,70-/m0/s1.